The molecule has 1 aromatic carbocycles. The number of hydrogen-bond donors (Lipinski definition) is 2. The molecule has 0 saturated carbocycles. The van der Waals surface area contributed by atoms with E-state index in [4.69, 9.17) is 9.47 Å². The smallest absolute Gasteiger partial charge is 0.339 e. The Hall–Kier alpha value is -3.21. The van der Waals surface area contributed by atoms with Crippen LogP contribution in [-0.2, 0) is 14.8 Å². The fraction of sp³-hybridized carbons (Fsp3) is 0.200. The molecule has 2 N–H and O–H groups in total. The molecular formula is C15H16N4O6S. The molecule has 138 valence electrons. The van der Waals surface area contributed by atoms with E-state index in [0.29, 0.717) is 0 Å². The maximum absolute atomic E-state index is 12.4. The van der Waals surface area contributed by atoms with Crippen LogP contribution in [0.3, 0.4) is 0 Å². The van der Waals surface area contributed by atoms with E-state index in [2.05, 4.69) is 15.3 Å². The lowest BCUT2D eigenvalue weighted by atomic mass is 10.2. The number of ether oxygens (including phenoxy) is 2. The fourth-order valence-corrected chi connectivity index (χ4v) is 3.00. The van der Waals surface area contributed by atoms with Gasteiger partial charge in [-0.05, 0) is 19.1 Å². The maximum atomic E-state index is 12.4. The minimum absolute atomic E-state index is 0.0777. The molecule has 2 aromatic rings. The SMILES string of the molecule is CCOC(=O)c1ccccc1S(=O)(=O)NC(=O)Nc1nccc(OC)n1. The van der Waals surface area contributed by atoms with Crippen LogP contribution in [0.1, 0.15) is 17.3 Å². The molecule has 0 bridgehead atoms. The Kier molecular flexibility index (Phi) is 6.07. The number of methoxy groups -OCH3 is 1. The van der Waals surface area contributed by atoms with Crippen molar-refractivity contribution >= 4 is 28.0 Å². The maximum Gasteiger partial charge on any atom is 0.339 e. The Bertz CT molecular complexity index is 916. The van der Waals surface area contributed by atoms with Crippen molar-refractivity contribution in [1.82, 2.24) is 14.7 Å². The normalized spacial score (nSPS) is 10.7. The Morgan fingerprint density at radius 2 is 1.92 bits per heavy atom. The van der Waals surface area contributed by atoms with Crippen molar-refractivity contribution in [2.75, 3.05) is 19.0 Å². The number of carbonyl (C=O) groups is 2. The Balaban J connectivity index is 2.20. The highest BCUT2D eigenvalue weighted by atomic mass is 32.2. The summed E-state index contributed by atoms with van der Waals surface area (Å²) in [5.74, 6) is -0.786. The van der Waals surface area contributed by atoms with Crippen molar-refractivity contribution in [3.63, 3.8) is 0 Å². The van der Waals surface area contributed by atoms with Crippen LogP contribution in [0.25, 0.3) is 0 Å². The van der Waals surface area contributed by atoms with E-state index < -0.39 is 22.0 Å². The fourth-order valence-electron chi connectivity index (χ4n) is 1.90. The molecule has 1 aromatic heterocycles. The molecule has 0 spiro atoms. The molecule has 0 aliphatic heterocycles. The molecule has 0 aliphatic carbocycles. The number of esters is 1. The second kappa shape index (κ2) is 8.25. The van der Waals surface area contributed by atoms with Crippen molar-refractivity contribution in [3.8, 4) is 5.88 Å². The van der Waals surface area contributed by atoms with E-state index in [0.717, 1.165) is 0 Å². The van der Waals surface area contributed by atoms with Gasteiger partial charge in [0.15, 0.2) is 0 Å². The summed E-state index contributed by atoms with van der Waals surface area (Å²) in [6.45, 7) is 1.67. The first-order valence-corrected chi connectivity index (χ1v) is 8.82. The van der Waals surface area contributed by atoms with Crippen molar-refractivity contribution in [2.45, 2.75) is 11.8 Å². The zero-order valence-electron chi connectivity index (χ0n) is 13.9. The van der Waals surface area contributed by atoms with Gasteiger partial charge in [-0.15, -0.1) is 0 Å². The van der Waals surface area contributed by atoms with Crippen molar-refractivity contribution in [1.29, 1.82) is 0 Å². The van der Waals surface area contributed by atoms with Gasteiger partial charge in [0.1, 0.15) is 4.90 Å². The molecule has 0 unspecified atom stereocenters. The van der Waals surface area contributed by atoms with Gasteiger partial charge in [-0.25, -0.2) is 27.7 Å². The van der Waals surface area contributed by atoms with Crippen LogP contribution in [0.5, 0.6) is 5.88 Å². The monoisotopic (exact) mass is 380 g/mol. The Labute approximate surface area is 149 Å². The van der Waals surface area contributed by atoms with Gasteiger partial charge in [-0.1, -0.05) is 12.1 Å². The number of urea groups is 1. The Morgan fingerprint density at radius 1 is 1.19 bits per heavy atom. The summed E-state index contributed by atoms with van der Waals surface area (Å²) < 4.78 is 36.4. The van der Waals surface area contributed by atoms with Crippen molar-refractivity contribution in [3.05, 3.63) is 42.1 Å². The number of aromatic nitrogens is 2. The number of hydrogen-bond acceptors (Lipinski definition) is 8. The lowest BCUT2D eigenvalue weighted by Crippen LogP contribution is -2.35. The van der Waals surface area contributed by atoms with Crippen LogP contribution in [0.2, 0.25) is 0 Å². The third-order valence-corrected chi connectivity index (χ3v) is 4.35. The molecule has 0 fully saturated rings. The molecule has 2 rings (SSSR count). The van der Waals surface area contributed by atoms with Crippen LogP contribution in [0, 0.1) is 0 Å². The molecule has 0 aliphatic rings. The first kappa shape index (κ1) is 19.1. The van der Waals surface area contributed by atoms with Gasteiger partial charge in [0.2, 0.25) is 11.8 Å². The van der Waals surface area contributed by atoms with Gasteiger partial charge in [-0.2, -0.15) is 4.98 Å². The number of carbonyl (C=O) groups excluding carboxylic acids is 2. The van der Waals surface area contributed by atoms with Crippen LogP contribution < -0.4 is 14.8 Å². The molecule has 0 atom stereocenters. The predicted octanol–water partition coefficient (Wildman–Crippen LogP) is 1.17. The number of amides is 2. The molecule has 11 heteroatoms. The lowest BCUT2D eigenvalue weighted by molar-refractivity contribution is 0.0521. The standard InChI is InChI=1S/C15H16N4O6S/c1-3-25-13(20)10-6-4-5-7-11(10)26(22,23)19-15(21)18-14-16-9-8-12(17-14)24-2/h4-9H,3H2,1-2H3,(H2,16,17,18,19,21). The summed E-state index contributed by atoms with van der Waals surface area (Å²) in [4.78, 5) is 31.1. The first-order valence-electron chi connectivity index (χ1n) is 7.34. The molecule has 2 amide bonds. The number of nitrogens with zero attached hydrogens (tertiary/aromatic N) is 2. The second-order valence-corrected chi connectivity index (χ2v) is 6.35. The Morgan fingerprint density at radius 3 is 2.62 bits per heavy atom. The highest BCUT2D eigenvalue weighted by molar-refractivity contribution is 7.90. The van der Waals surface area contributed by atoms with Crippen molar-refractivity contribution in [2.24, 2.45) is 0 Å². The predicted molar refractivity (Wildman–Crippen MR) is 90.3 cm³/mol. The first-order chi connectivity index (χ1) is 12.4. The summed E-state index contributed by atoms with van der Waals surface area (Å²) in [7, 11) is -2.96. The van der Waals surface area contributed by atoms with E-state index in [1.165, 1.54) is 43.6 Å². The van der Waals surface area contributed by atoms with E-state index >= 15 is 0 Å². The van der Waals surface area contributed by atoms with Gasteiger partial charge in [0.05, 0.1) is 19.3 Å². The van der Waals surface area contributed by atoms with E-state index in [1.54, 1.807) is 11.6 Å². The minimum atomic E-state index is -4.34. The van der Waals surface area contributed by atoms with Gasteiger partial charge >= 0.3 is 12.0 Å². The lowest BCUT2D eigenvalue weighted by Gasteiger charge is -2.11. The minimum Gasteiger partial charge on any atom is -0.481 e. The van der Waals surface area contributed by atoms with Crippen LogP contribution >= 0.6 is 0 Å². The van der Waals surface area contributed by atoms with Crippen LogP contribution in [0.15, 0.2) is 41.4 Å². The summed E-state index contributed by atoms with van der Waals surface area (Å²) in [5, 5.41) is 2.17. The van der Waals surface area contributed by atoms with Gasteiger partial charge < -0.3 is 9.47 Å². The summed E-state index contributed by atoms with van der Waals surface area (Å²) in [6, 6.07) is 5.72. The van der Waals surface area contributed by atoms with Gasteiger partial charge in [0.25, 0.3) is 10.0 Å². The summed E-state index contributed by atoms with van der Waals surface area (Å²) in [6.07, 6.45) is 1.33. The molecule has 1 heterocycles. The number of rotatable bonds is 6. The summed E-state index contributed by atoms with van der Waals surface area (Å²) >= 11 is 0. The van der Waals surface area contributed by atoms with Gasteiger partial charge in [0, 0.05) is 12.3 Å². The molecule has 0 radical (unpaired) electrons. The zero-order chi connectivity index (χ0) is 19.2. The molecule has 0 saturated heterocycles. The van der Waals surface area contributed by atoms with Crippen LogP contribution in [0.4, 0.5) is 10.7 Å². The zero-order valence-corrected chi connectivity index (χ0v) is 14.7. The van der Waals surface area contributed by atoms with Crippen molar-refractivity contribution < 1.29 is 27.5 Å². The highest BCUT2D eigenvalue weighted by Gasteiger charge is 2.25. The molecule has 26 heavy (non-hydrogen) atoms. The van der Waals surface area contributed by atoms with E-state index in [9.17, 15) is 18.0 Å². The second-order valence-electron chi connectivity index (χ2n) is 4.70. The average Bonchev–Trinajstić information content (AvgIpc) is 2.61. The number of anilines is 1. The molecular weight excluding hydrogens is 364 g/mol. The van der Waals surface area contributed by atoms with E-state index in [1.807, 2.05) is 0 Å². The number of benzene rings is 1. The van der Waals surface area contributed by atoms with Crippen LogP contribution in [-0.4, -0.2) is 44.1 Å². The largest absolute Gasteiger partial charge is 0.481 e. The summed E-state index contributed by atoms with van der Waals surface area (Å²) in [5.41, 5.74) is -0.188. The number of sulfonamides is 1. The van der Waals surface area contributed by atoms with Gasteiger partial charge in [-0.3, -0.25) is 5.32 Å². The quantitative estimate of drug-likeness (QED) is 0.713. The third kappa shape index (κ3) is 4.66. The average molecular weight is 380 g/mol. The topological polar surface area (TPSA) is 137 Å². The third-order valence-electron chi connectivity index (χ3n) is 2.96. The molecule has 10 nitrogen and oxygen atoms in total. The number of nitrogens with one attached hydrogen (secondary N) is 2. The van der Waals surface area contributed by atoms with E-state index in [-0.39, 0.29) is 28.9 Å². The highest BCUT2D eigenvalue weighted by Crippen LogP contribution is 2.16.